The van der Waals surface area contributed by atoms with Crippen LogP contribution in [0.5, 0.6) is 11.5 Å². The summed E-state index contributed by atoms with van der Waals surface area (Å²) in [6, 6.07) is 14.9. The number of carbonyl (C=O) groups excluding carboxylic acids is 2. The number of imide groups is 1. The van der Waals surface area contributed by atoms with E-state index in [1.54, 1.807) is 14.2 Å². The smallest absolute Gasteiger partial charge is 0.238 e. The number of para-hydroxylation sites is 1. The average Bonchev–Trinajstić information content (AvgIpc) is 3.54. The second-order valence-electron chi connectivity index (χ2n) is 8.60. The Morgan fingerprint density at radius 2 is 1.61 bits per heavy atom. The molecular formula is C24H22N2O5. The predicted molar refractivity (Wildman–Crippen MR) is 112 cm³/mol. The molecule has 2 aromatic carbocycles. The Kier molecular flexibility index (Phi) is 3.91. The van der Waals surface area contributed by atoms with Crippen LogP contribution in [-0.2, 0) is 14.4 Å². The third-order valence-electron chi connectivity index (χ3n) is 7.38. The summed E-state index contributed by atoms with van der Waals surface area (Å²) in [5, 5.41) is 4.40. The highest BCUT2D eigenvalue weighted by Crippen LogP contribution is 2.62. The molecule has 1 saturated heterocycles. The second-order valence-corrected chi connectivity index (χ2v) is 8.60. The van der Waals surface area contributed by atoms with Crippen LogP contribution >= 0.6 is 0 Å². The van der Waals surface area contributed by atoms with Crippen LogP contribution in [0.2, 0.25) is 0 Å². The van der Waals surface area contributed by atoms with Crippen molar-refractivity contribution in [3.05, 3.63) is 54.1 Å². The van der Waals surface area contributed by atoms with Crippen LogP contribution in [0.3, 0.4) is 0 Å². The summed E-state index contributed by atoms with van der Waals surface area (Å²) in [5.74, 6) is 0.480. The summed E-state index contributed by atoms with van der Waals surface area (Å²) in [6.45, 7) is 0. The zero-order valence-electron chi connectivity index (χ0n) is 17.2. The molecule has 2 bridgehead atoms. The van der Waals surface area contributed by atoms with Gasteiger partial charge in [-0.3, -0.25) is 14.5 Å². The molecule has 6 atom stereocenters. The van der Waals surface area contributed by atoms with Crippen LogP contribution in [0.25, 0.3) is 0 Å². The SMILES string of the molecule is COc1ccc(C2=NO[C@H]3[C@H]4C[C@@H]([C@@H]23)[C@H]2C(=O)N(c3ccccc3)C(=O)[C@@H]42)cc1OC. The van der Waals surface area contributed by atoms with E-state index < -0.39 is 0 Å². The van der Waals surface area contributed by atoms with Crippen molar-refractivity contribution in [3.63, 3.8) is 0 Å². The maximum Gasteiger partial charge on any atom is 0.238 e. The lowest BCUT2D eigenvalue weighted by atomic mass is 9.71. The molecule has 4 aliphatic rings. The number of hydrogen-bond acceptors (Lipinski definition) is 6. The number of anilines is 1. The number of methoxy groups -OCH3 is 2. The van der Waals surface area contributed by atoms with Crippen LogP contribution < -0.4 is 14.4 Å². The van der Waals surface area contributed by atoms with Gasteiger partial charge in [0.05, 0.1) is 37.5 Å². The first-order chi connectivity index (χ1) is 15.1. The quantitative estimate of drug-likeness (QED) is 0.714. The lowest BCUT2D eigenvalue weighted by molar-refractivity contribution is -0.125. The molecule has 2 aliphatic heterocycles. The van der Waals surface area contributed by atoms with Gasteiger partial charge in [0.15, 0.2) is 11.5 Å². The van der Waals surface area contributed by atoms with Crippen molar-refractivity contribution in [2.75, 3.05) is 19.1 Å². The van der Waals surface area contributed by atoms with E-state index in [2.05, 4.69) is 5.16 Å². The van der Waals surface area contributed by atoms with Crippen LogP contribution in [0.1, 0.15) is 12.0 Å². The fourth-order valence-corrected chi connectivity index (χ4v) is 6.19. The Bertz CT molecular complexity index is 1110. The van der Waals surface area contributed by atoms with Gasteiger partial charge in [-0.1, -0.05) is 23.4 Å². The Morgan fingerprint density at radius 3 is 2.32 bits per heavy atom. The van der Waals surface area contributed by atoms with Crippen molar-refractivity contribution >= 4 is 23.2 Å². The van der Waals surface area contributed by atoms with Crippen LogP contribution in [0.15, 0.2) is 53.7 Å². The number of amides is 2. The molecule has 2 heterocycles. The number of rotatable bonds is 4. The number of oxime groups is 1. The molecule has 6 rings (SSSR count). The van der Waals surface area contributed by atoms with Crippen molar-refractivity contribution < 1.29 is 23.9 Å². The van der Waals surface area contributed by atoms with Crippen molar-refractivity contribution in [1.82, 2.24) is 0 Å². The minimum absolute atomic E-state index is 0.00294. The number of benzene rings is 2. The van der Waals surface area contributed by atoms with Gasteiger partial charge in [-0.05, 0) is 42.7 Å². The Labute approximate surface area is 179 Å². The molecule has 0 unspecified atom stereocenters. The third-order valence-corrected chi connectivity index (χ3v) is 7.38. The number of carbonyl (C=O) groups is 2. The molecule has 0 spiro atoms. The summed E-state index contributed by atoms with van der Waals surface area (Å²) >= 11 is 0. The fourth-order valence-electron chi connectivity index (χ4n) is 6.19. The van der Waals surface area contributed by atoms with Crippen molar-refractivity contribution in [3.8, 4) is 11.5 Å². The van der Waals surface area contributed by atoms with E-state index in [4.69, 9.17) is 14.3 Å². The van der Waals surface area contributed by atoms with Gasteiger partial charge in [-0.25, -0.2) is 0 Å². The molecular weight excluding hydrogens is 396 g/mol. The summed E-state index contributed by atoms with van der Waals surface area (Å²) in [4.78, 5) is 33.9. The maximum absolute atomic E-state index is 13.4. The molecule has 31 heavy (non-hydrogen) atoms. The summed E-state index contributed by atoms with van der Waals surface area (Å²) in [6.07, 6.45) is 0.652. The Morgan fingerprint density at radius 1 is 0.903 bits per heavy atom. The standard InChI is InChI=1S/C24H22N2O5/c1-29-16-9-8-12(10-17(16)30-2)21-20-14-11-15(22(20)31-25-21)19-18(14)23(27)26(24(19)28)13-6-4-3-5-7-13/h3-10,14-15,18-20,22H,11H2,1-2H3/t14-,15+,18-,19+,20+,22+/m1/s1. The van der Waals surface area contributed by atoms with E-state index in [0.29, 0.717) is 17.2 Å². The first-order valence-electron chi connectivity index (χ1n) is 10.5. The molecule has 7 heteroatoms. The van der Waals surface area contributed by atoms with E-state index >= 15 is 0 Å². The molecule has 0 radical (unpaired) electrons. The van der Waals surface area contributed by atoms with E-state index in [-0.39, 0.29) is 47.5 Å². The van der Waals surface area contributed by atoms with E-state index in [0.717, 1.165) is 17.7 Å². The number of fused-ring (bicyclic) bond motifs is 8. The van der Waals surface area contributed by atoms with Gasteiger partial charge in [0.2, 0.25) is 11.8 Å². The average molecular weight is 418 g/mol. The monoisotopic (exact) mass is 418 g/mol. The van der Waals surface area contributed by atoms with Gasteiger partial charge in [-0.2, -0.15) is 0 Å². The van der Waals surface area contributed by atoms with Crippen LogP contribution in [0.4, 0.5) is 5.69 Å². The second kappa shape index (κ2) is 6.57. The topological polar surface area (TPSA) is 77.4 Å². The Balaban J connectivity index is 1.34. The third kappa shape index (κ3) is 2.37. The summed E-state index contributed by atoms with van der Waals surface area (Å²) < 4.78 is 10.8. The molecule has 0 N–H and O–H groups in total. The molecule has 0 aromatic heterocycles. The predicted octanol–water partition coefficient (Wildman–Crippen LogP) is 2.88. The van der Waals surface area contributed by atoms with Gasteiger partial charge in [0.1, 0.15) is 6.10 Å². The molecule has 7 nitrogen and oxygen atoms in total. The van der Waals surface area contributed by atoms with Gasteiger partial charge >= 0.3 is 0 Å². The van der Waals surface area contributed by atoms with Crippen LogP contribution in [-0.4, -0.2) is 37.8 Å². The lowest BCUT2D eigenvalue weighted by Gasteiger charge is -2.29. The van der Waals surface area contributed by atoms with Crippen LogP contribution in [0, 0.1) is 29.6 Å². The van der Waals surface area contributed by atoms with Gasteiger partial charge in [0, 0.05) is 17.4 Å². The number of ether oxygens (including phenoxy) is 2. The van der Waals surface area contributed by atoms with Gasteiger partial charge in [-0.15, -0.1) is 0 Å². The summed E-state index contributed by atoms with van der Waals surface area (Å²) in [5.41, 5.74) is 2.37. The molecule has 2 saturated carbocycles. The highest BCUT2D eigenvalue weighted by atomic mass is 16.6. The molecule has 2 amide bonds. The van der Waals surface area contributed by atoms with Crippen molar-refractivity contribution in [2.24, 2.45) is 34.7 Å². The minimum Gasteiger partial charge on any atom is -0.493 e. The highest BCUT2D eigenvalue weighted by molar-refractivity contribution is 6.23. The number of nitrogens with zero attached hydrogens (tertiary/aromatic N) is 2. The van der Waals surface area contributed by atoms with Gasteiger partial charge in [0.25, 0.3) is 0 Å². The largest absolute Gasteiger partial charge is 0.493 e. The molecule has 2 aliphatic carbocycles. The molecule has 158 valence electrons. The molecule has 2 aromatic rings. The lowest BCUT2D eigenvalue weighted by Crippen LogP contribution is -2.41. The zero-order chi connectivity index (χ0) is 21.3. The number of hydrogen-bond donors (Lipinski definition) is 0. The van der Waals surface area contributed by atoms with E-state index in [1.165, 1.54) is 4.90 Å². The zero-order valence-corrected chi connectivity index (χ0v) is 17.2. The van der Waals surface area contributed by atoms with E-state index in [9.17, 15) is 9.59 Å². The van der Waals surface area contributed by atoms with Crippen molar-refractivity contribution in [2.45, 2.75) is 12.5 Å². The fraction of sp³-hybridized carbons (Fsp3) is 0.375. The normalized spacial score (nSPS) is 32.6. The highest BCUT2D eigenvalue weighted by Gasteiger charge is 2.70. The summed E-state index contributed by atoms with van der Waals surface area (Å²) in [7, 11) is 3.20. The van der Waals surface area contributed by atoms with Gasteiger partial charge < -0.3 is 14.3 Å². The van der Waals surface area contributed by atoms with E-state index in [1.807, 2.05) is 48.5 Å². The maximum atomic E-state index is 13.4. The minimum atomic E-state index is -0.320. The molecule has 3 fully saturated rings. The first kappa shape index (κ1) is 18.4. The first-order valence-corrected chi connectivity index (χ1v) is 10.5. The Hall–Kier alpha value is -3.35. The van der Waals surface area contributed by atoms with Crippen molar-refractivity contribution in [1.29, 1.82) is 0 Å².